The number of hydrogen-bond donors (Lipinski definition) is 1. The third kappa shape index (κ3) is 3.14. The van der Waals surface area contributed by atoms with Crippen LogP contribution in [-0.4, -0.2) is 48.9 Å². The first-order valence-corrected chi connectivity index (χ1v) is 8.88. The monoisotopic (exact) mass is 356 g/mol. The topological polar surface area (TPSA) is 99.1 Å². The molecule has 25 heavy (non-hydrogen) atoms. The van der Waals surface area contributed by atoms with Crippen LogP contribution in [0.2, 0.25) is 0 Å². The Labute approximate surface area is 148 Å². The standard InChI is InChI=1S/C18H28O7/c1-5-11(2)14(19)23-8-9-24-16(22)17(3)12-6-7-13(25-10-12)18(17,4)15(20)21/h11-13H,5-10H2,1-4H3,(H,20,21). The summed E-state index contributed by atoms with van der Waals surface area (Å²) >= 11 is 0. The van der Waals surface area contributed by atoms with E-state index in [4.69, 9.17) is 14.2 Å². The number of aliphatic carboxylic acids is 1. The van der Waals surface area contributed by atoms with E-state index >= 15 is 0 Å². The number of esters is 2. The van der Waals surface area contributed by atoms with E-state index in [0.717, 1.165) is 6.42 Å². The van der Waals surface area contributed by atoms with Crippen LogP contribution in [0.5, 0.6) is 0 Å². The van der Waals surface area contributed by atoms with Crippen molar-refractivity contribution in [2.75, 3.05) is 19.8 Å². The lowest BCUT2D eigenvalue weighted by molar-refractivity contribution is -0.241. The zero-order valence-electron chi connectivity index (χ0n) is 15.4. The molecule has 7 heteroatoms. The molecule has 142 valence electrons. The van der Waals surface area contributed by atoms with Crippen LogP contribution in [0, 0.1) is 22.7 Å². The van der Waals surface area contributed by atoms with Crippen molar-refractivity contribution in [2.24, 2.45) is 22.7 Å². The second-order valence-electron chi connectivity index (χ2n) is 7.42. The molecular formula is C18H28O7. The summed E-state index contributed by atoms with van der Waals surface area (Å²) < 4.78 is 16.0. The maximum atomic E-state index is 12.8. The highest BCUT2D eigenvalue weighted by Crippen LogP contribution is 2.58. The summed E-state index contributed by atoms with van der Waals surface area (Å²) in [6.07, 6.45) is 1.54. The van der Waals surface area contributed by atoms with Gasteiger partial charge in [0.1, 0.15) is 18.6 Å². The number of hydrogen-bond acceptors (Lipinski definition) is 6. The number of carbonyl (C=O) groups is 3. The molecule has 0 aromatic rings. The van der Waals surface area contributed by atoms with Crippen molar-refractivity contribution >= 4 is 17.9 Å². The first kappa shape index (κ1) is 19.7. The SMILES string of the molecule is CCC(C)C(=O)OCCOC(=O)C1(C)C2CCC(OC2)C1(C)C(=O)O. The summed E-state index contributed by atoms with van der Waals surface area (Å²) in [4.78, 5) is 36.4. The predicted octanol–water partition coefficient (Wildman–Crippen LogP) is 2.02. The zero-order chi connectivity index (χ0) is 18.8. The number of carboxylic acid groups (broad SMARTS) is 1. The van der Waals surface area contributed by atoms with Gasteiger partial charge in [0.2, 0.25) is 0 Å². The quantitative estimate of drug-likeness (QED) is 0.550. The van der Waals surface area contributed by atoms with Crippen molar-refractivity contribution in [1.29, 1.82) is 0 Å². The van der Waals surface area contributed by atoms with E-state index in [1.54, 1.807) is 20.8 Å². The van der Waals surface area contributed by atoms with Crippen LogP contribution in [0.1, 0.15) is 47.0 Å². The lowest BCUT2D eigenvalue weighted by atomic mass is 9.50. The van der Waals surface area contributed by atoms with Gasteiger partial charge in [0.15, 0.2) is 0 Å². The Bertz CT molecular complexity index is 538. The Morgan fingerprint density at radius 3 is 2.32 bits per heavy atom. The van der Waals surface area contributed by atoms with E-state index in [0.29, 0.717) is 19.4 Å². The van der Waals surface area contributed by atoms with Gasteiger partial charge in [-0.1, -0.05) is 13.8 Å². The number of ether oxygens (including phenoxy) is 3. The van der Waals surface area contributed by atoms with Gasteiger partial charge < -0.3 is 19.3 Å². The molecule has 5 unspecified atom stereocenters. The van der Waals surface area contributed by atoms with Crippen molar-refractivity contribution in [3.63, 3.8) is 0 Å². The molecule has 0 radical (unpaired) electrons. The van der Waals surface area contributed by atoms with Crippen LogP contribution in [0.3, 0.4) is 0 Å². The summed E-state index contributed by atoms with van der Waals surface area (Å²) in [7, 11) is 0. The summed E-state index contributed by atoms with van der Waals surface area (Å²) in [5.41, 5.74) is -2.50. The van der Waals surface area contributed by atoms with Gasteiger partial charge in [-0.2, -0.15) is 0 Å². The maximum Gasteiger partial charge on any atom is 0.313 e. The second kappa shape index (κ2) is 7.32. The molecule has 2 aliphatic heterocycles. The van der Waals surface area contributed by atoms with E-state index in [-0.39, 0.29) is 31.0 Å². The Balaban J connectivity index is 2.01. The van der Waals surface area contributed by atoms with E-state index in [1.165, 1.54) is 0 Å². The lowest BCUT2D eigenvalue weighted by Crippen LogP contribution is -2.67. The molecule has 0 aromatic carbocycles. The Morgan fingerprint density at radius 1 is 1.16 bits per heavy atom. The van der Waals surface area contributed by atoms with Crippen molar-refractivity contribution in [1.82, 2.24) is 0 Å². The first-order chi connectivity index (χ1) is 11.7. The fourth-order valence-electron chi connectivity index (χ4n) is 3.89. The van der Waals surface area contributed by atoms with Crippen LogP contribution < -0.4 is 0 Å². The van der Waals surface area contributed by atoms with Crippen LogP contribution in [-0.2, 0) is 28.6 Å². The molecule has 2 bridgehead atoms. The number of rotatable bonds is 7. The molecule has 0 spiro atoms. The summed E-state index contributed by atoms with van der Waals surface area (Å²) in [6, 6.07) is 0. The minimum atomic E-state index is -1.33. The van der Waals surface area contributed by atoms with E-state index in [2.05, 4.69) is 0 Å². The predicted molar refractivity (Wildman–Crippen MR) is 87.7 cm³/mol. The highest BCUT2D eigenvalue weighted by atomic mass is 16.6. The number of carboxylic acids is 1. The summed E-state index contributed by atoms with van der Waals surface area (Å²) in [5.74, 6) is -2.34. The average molecular weight is 356 g/mol. The molecule has 3 fully saturated rings. The fourth-order valence-corrected chi connectivity index (χ4v) is 3.89. The zero-order valence-corrected chi connectivity index (χ0v) is 15.4. The summed E-state index contributed by atoms with van der Waals surface area (Å²) in [5, 5.41) is 9.78. The largest absolute Gasteiger partial charge is 0.481 e. The third-order valence-corrected chi connectivity index (χ3v) is 6.26. The van der Waals surface area contributed by atoms with Crippen molar-refractivity contribution in [2.45, 2.75) is 53.1 Å². The Hall–Kier alpha value is -1.63. The van der Waals surface area contributed by atoms with E-state index in [1.807, 2.05) is 6.92 Å². The molecule has 2 heterocycles. The molecule has 2 saturated heterocycles. The molecule has 5 atom stereocenters. The molecule has 0 aromatic heterocycles. The van der Waals surface area contributed by atoms with Crippen LogP contribution in [0.4, 0.5) is 0 Å². The highest BCUT2D eigenvalue weighted by molar-refractivity contribution is 5.88. The molecule has 0 amide bonds. The Kier molecular flexibility index (Phi) is 5.76. The van der Waals surface area contributed by atoms with Gasteiger partial charge >= 0.3 is 17.9 Å². The van der Waals surface area contributed by atoms with Gasteiger partial charge in [-0.15, -0.1) is 0 Å². The Morgan fingerprint density at radius 2 is 1.80 bits per heavy atom. The van der Waals surface area contributed by atoms with E-state index in [9.17, 15) is 19.5 Å². The van der Waals surface area contributed by atoms with E-state index < -0.39 is 28.9 Å². The fraction of sp³-hybridized carbons (Fsp3) is 0.833. The molecule has 1 N–H and O–H groups in total. The average Bonchev–Trinajstić information content (AvgIpc) is 2.61. The molecule has 3 aliphatic rings. The smallest absolute Gasteiger partial charge is 0.313 e. The minimum absolute atomic E-state index is 0.0284. The second-order valence-corrected chi connectivity index (χ2v) is 7.42. The lowest BCUT2D eigenvalue weighted by Gasteiger charge is -2.57. The first-order valence-electron chi connectivity index (χ1n) is 8.88. The van der Waals surface area contributed by atoms with Gasteiger partial charge in [0.25, 0.3) is 0 Å². The molecule has 1 saturated carbocycles. The molecular weight excluding hydrogens is 328 g/mol. The van der Waals surface area contributed by atoms with Crippen LogP contribution in [0.15, 0.2) is 0 Å². The minimum Gasteiger partial charge on any atom is -0.481 e. The number of fused-ring (bicyclic) bond motifs is 3. The van der Waals surface area contributed by atoms with Gasteiger partial charge in [0, 0.05) is 0 Å². The van der Waals surface area contributed by atoms with Crippen molar-refractivity contribution in [3.05, 3.63) is 0 Å². The van der Waals surface area contributed by atoms with Gasteiger partial charge in [0.05, 0.1) is 24.0 Å². The van der Waals surface area contributed by atoms with Gasteiger partial charge in [-0.25, -0.2) is 0 Å². The highest BCUT2D eigenvalue weighted by Gasteiger charge is 2.68. The maximum absolute atomic E-state index is 12.8. The molecule has 1 aliphatic carbocycles. The third-order valence-electron chi connectivity index (χ3n) is 6.26. The van der Waals surface area contributed by atoms with Crippen LogP contribution in [0.25, 0.3) is 0 Å². The summed E-state index contributed by atoms with van der Waals surface area (Å²) in [6.45, 7) is 7.14. The molecule has 7 nitrogen and oxygen atoms in total. The van der Waals surface area contributed by atoms with Crippen molar-refractivity contribution in [3.8, 4) is 0 Å². The number of carbonyl (C=O) groups excluding carboxylic acids is 2. The molecule has 3 rings (SSSR count). The van der Waals surface area contributed by atoms with Gasteiger partial charge in [-0.3, -0.25) is 14.4 Å². The normalized spacial score (nSPS) is 35.0. The van der Waals surface area contributed by atoms with Gasteiger partial charge in [-0.05, 0) is 39.0 Å². The van der Waals surface area contributed by atoms with Crippen molar-refractivity contribution < 1.29 is 33.7 Å². The van der Waals surface area contributed by atoms with Crippen LogP contribution >= 0.6 is 0 Å².